The fourth-order valence-corrected chi connectivity index (χ4v) is 4.28. The van der Waals surface area contributed by atoms with E-state index in [1.165, 1.54) is 44.9 Å². The average molecular weight is 392 g/mol. The molecule has 0 aromatic heterocycles. The molecule has 0 aliphatic heterocycles. The lowest BCUT2D eigenvalue weighted by atomic mass is 9.77. The standard InChI is InChI=1S/C27H53N/c1-10-14-24(13-4)25(15-11-2)19-17-22(5)21-28-23(6)18-20-26(16-12-3)27(7,8)9/h12,16-17,19,22-26,28H,10-11,13-15,18,20-21H2,1-9H3/b16-12?,19-17-. The fourth-order valence-electron chi connectivity index (χ4n) is 4.28. The minimum absolute atomic E-state index is 0.352. The number of nitrogens with one attached hydrogen (secondary N) is 1. The largest absolute Gasteiger partial charge is 0.314 e. The van der Waals surface area contributed by atoms with Crippen LogP contribution in [0.15, 0.2) is 24.3 Å². The van der Waals surface area contributed by atoms with Crippen LogP contribution >= 0.6 is 0 Å². The molecule has 0 aliphatic carbocycles. The van der Waals surface area contributed by atoms with Crippen molar-refractivity contribution in [1.29, 1.82) is 0 Å². The van der Waals surface area contributed by atoms with Gasteiger partial charge >= 0.3 is 0 Å². The van der Waals surface area contributed by atoms with Crippen LogP contribution in [0.2, 0.25) is 0 Å². The Morgan fingerprint density at radius 2 is 1.46 bits per heavy atom. The summed E-state index contributed by atoms with van der Waals surface area (Å²) in [6, 6.07) is 0.584. The van der Waals surface area contributed by atoms with Crippen LogP contribution in [-0.2, 0) is 0 Å². The second-order valence-electron chi connectivity index (χ2n) is 10.2. The van der Waals surface area contributed by atoms with Gasteiger partial charge in [-0.3, -0.25) is 0 Å². The molecule has 5 unspecified atom stereocenters. The predicted octanol–water partition coefficient (Wildman–Crippen LogP) is 8.42. The van der Waals surface area contributed by atoms with Gasteiger partial charge in [-0.05, 0) is 62.2 Å². The van der Waals surface area contributed by atoms with Crippen molar-refractivity contribution >= 4 is 0 Å². The van der Waals surface area contributed by atoms with Gasteiger partial charge in [-0.1, -0.05) is 98.5 Å². The van der Waals surface area contributed by atoms with Gasteiger partial charge in [0.25, 0.3) is 0 Å². The van der Waals surface area contributed by atoms with Gasteiger partial charge in [-0.2, -0.15) is 0 Å². The molecule has 0 radical (unpaired) electrons. The highest BCUT2D eigenvalue weighted by atomic mass is 14.9. The van der Waals surface area contributed by atoms with Crippen LogP contribution in [0.25, 0.3) is 0 Å². The lowest BCUT2D eigenvalue weighted by molar-refractivity contribution is 0.264. The number of rotatable bonds is 15. The van der Waals surface area contributed by atoms with E-state index < -0.39 is 0 Å². The lowest BCUT2D eigenvalue weighted by Crippen LogP contribution is -2.31. The molecule has 28 heavy (non-hydrogen) atoms. The maximum atomic E-state index is 3.78. The SMILES string of the molecule is CC=CC(CCC(C)NCC(C)/C=C\C(CCC)C(CC)CCC)C(C)(C)C. The molecule has 0 aromatic carbocycles. The third-order valence-corrected chi connectivity index (χ3v) is 6.33. The Morgan fingerprint density at radius 1 is 0.821 bits per heavy atom. The molecule has 166 valence electrons. The fraction of sp³-hybridized carbons (Fsp3) is 0.852. The summed E-state index contributed by atoms with van der Waals surface area (Å²) in [5.74, 6) is 2.90. The summed E-state index contributed by atoms with van der Waals surface area (Å²) in [5, 5.41) is 3.78. The molecule has 0 aliphatic rings. The van der Waals surface area contributed by atoms with E-state index in [0.717, 1.165) is 18.4 Å². The molecular formula is C27H53N. The number of hydrogen-bond donors (Lipinski definition) is 1. The molecule has 0 saturated heterocycles. The van der Waals surface area contributed by atoms with Crippen LogP contribution in [0.3, 0.4) is 0 Å². The molecule has 0 aromatic rings. The highest BCUT2D eigenvalue weighted by Gasteiger charge is 2.22. The molecule has 1 nitrogen and oxygen atoms in total. The summed E-state index contributed by atoms with van der Waals surface area (Å²) in [6.07, 6.45) is 18.8. The van der Waals surface area contributed by atoms with Gasteiger partial charge in [0.15, 0.2) is 0 Å². The zero-order valence-corrected chi connectivity index (χ0v) is 20.9. The Labute approximate surface area is 178 Å². The van der Waals surface area contributed by atoms with E-state index in [0.29, 0.717) is 23.3 Å². The highest BCUT2D eigenvalue weighted by molar-refractivity contribution is 4.95. The Kier molecular flexibility index (Phi) is 15.0. The molecule has 1 N–H and O–H groups in total. The Balaban J connectivity index is 4.49. The van der Waals surface area contributed by atoms with Crippen LogP contribution in [0.4, 0.5) is 0 Å². The van der Waals surface area contributed by atoms with E-state index in [-0.39, 0.29) is 0 Å². The first-order valence-electron chi connectivity index (χ1n) is 12.2. The van der Waals surface area contributed by atoms with Crippen LogP contribution in [0, 0.1) is 29.1 Å². The van der Waals surface area contributed by atoms with Gasteiger partial charge in [0, 0.05) is 12.6 Å². The van der Waals surface area contributed by atoms with Gasteiger partial charge in [0.1, 0.15) is 0 Å². The third kappa shape index (κ3) is 12.1. The van der Waals surface area contributed by atoms with Gasteiger partial charge in [0.2, 0.25) is 0 Å². The summed E-state index contributed by atoms with van der Waals surface area (Å²) < 4.78 is 0. The highest BCUT2D eigenvalue weighted by Crippen LogP contribution is 2.31. The van der Waals surface area contributed by atoms with Crippen LogP contribution < -0.4 is 5.32 Å². The zero-order chi connectivity index (χ0) is 21.6. The average Bonchev–Trinajstić information content (AvgIpc) is 2.64. The summed E-state index contributed by atoms with van der Waals surface area (Å²) in [6.45, 7) is 22.0. The lowest BCUT2D eigenvalue weighted by Gasteiger charge is -2.29. The Morgan fingerprint density at radius 3 is 1.96 bits per heavy atom. The van der Waals surface area contributed by atoms with Gasteiger partial charge in [-0.25, -0.2) is 0 Å². The van der Waals surface area contributed by atoms with E-state index in [2.05, 4.69) is 91.9 Å². The molecule has 0 amide bonds. The van der Waals surface area contributed by atoms with Crippen molar-refractivity contribution in [3.05, 3.63) is 24.3 Å². The third-order valence-electron chi connectivity index (χ3n) is 6.33. The predicted molar refractivity (Wildman–Crippen MR) is 130 cm³/mol. The Hall–Kier alpha value is -0.560. The van der Waals surface area contributed by atoms with Crippen LogP contribution in [0.1, 0.15) is 107 Å². The van der Waals surface area contributed by atoms with Crippen molar-refractivity contribution in [2.24, 2.45) is 29.1 Å². The van der Waals surface area contributed by atoms with Gasteiger partial charge in [0.05, 0.1) is 0 Å². The van der Waals surface area contributed by atoms with Crippen molar-refractivity contribution in [1.82, 2.24) is 5.32 Å². The molecular weight excluding hydrogens is 338 g/mol. The summed E-state index contributed by atoms with van der Waals surface area (Å²) in [5.41, 5.74) is 0.352. The van der Waals surface area contributed by atoms with Gasteiger partial charge < -0.3 is 5.32 Å². The smallest absolute Gasteiger partial charge is 0.00391 e. The minimum atomic E-state index is 0.352. The molecule has 5 atom stereocenters. The molecule has 0 heterocycles. The first-order chi connectivity index (χ1) is 13.2. The quantitative estimate of drug-likeness (QED) is 0.276. The first-order valence-corrected chi connectivity index (χ1v) is 12.2. The summed E-state index contributed by atoms with van der Waals surface area (Å²) in [7, 11) is 0. The topological polar surface area (TPSA) is 12.0 Å². The minimum Gasteiger partial charge on any atom is -0.314 e. The molecule has 0 bridgehead atoms. The van der Waals surface area contributed by atoms with Crippen LogP contribution in [-0.4, -0.2) is 12.6 Å². The maximum absolute atomic E-state index is 3.78. The van der Waals surface area contributed by atoms with Crippen molar-refractivity contribution in [3.8, 4) is 0 Å². The summed E-state index contributed by atoms with van der Waals surface area (Å²) in [4.78, 5) is 0. The van der Waals surface area contributed by atoms with Gasteiger partial charge in [-0.15, -0.1) is 0 Å². The molecule has 0 saturated carbocycles. The van der Waals surface area contributed by atoms with E-state index in [1.807, 2.05) is 0 Å². The zero-order valence-electron chi connectivity index (χ0n) is 20.9. The van der Waals surface area contributed by atoms with E-state index in [4.69, 9.17) is 0 Å². The molecule has 1 heteroatoms. The van der Waals surface area contributed by atoms with Crippen molar-refractivity contribution in [2.45, 2.75) is 113 Å². The monoisotopic (exact) mass is 391 g/mol. The maximum Gasteiger partial charge on any atom is 0.00391 e. The van der Waals surface area contributed by atoms with E-state index in [1.54, 1.807) is 0 Å². The Bertz CT molecular complexity index is 414. The summed E-state index contributed by atoms with van der Waals surface area (Å²) >= 11 is 0. The second-order valence-corrected chi connectivity index (χ2v) is 10.2. The molecule has 0 fully saturated rings. The van der Waals surface area contributed by atoms with Crippen molar-refractivity contribution in [3.63, 3.8) is 0 Å². The van der Waals surface area contributed by atoms with Crippen LogP contribution in [0.5, 0.6) is 0 Å². The molecule has 0 rings (SSSR count). The number of allylic oxidation sites excluding steroid dienone is 3. The number of hydrogen-bond acceptors (Lipinski definition) is 1. The normalized spacial score (nSPS) is 18.5. The van der Waals surface area contributed by atoms with Crippen molar-refractivity contribution < 1.29 is 0 Å². The van der Waals surface area contributed by atoms with E-state index >= 15 is 0 Å². The second kappa shape index (κ2) is 15.3. The first kappa shape index (κ1) is 27.4. The van der Waals surface area contributed by atoms with E-state index in [9.17, 15) is 0 Å². The molecule has 0 spiro atoms. The van der Waals surface area contributed by atoms with Crippen molar-refractivity contribution in [2.75, 3.05) is 6.54 Å².